The zero-order chi connectivity index (χ0) is 16.6. The maximum atomic E-state index is 12.3. The third kappa shape index (κ3) is 2.90. The summed E-state index contributed by atoms with van der Waals surface area (Å²) in [5.41, 5.74) is 6.53. The van der Waals surface area contributed by atoms with Gasteiger partial charge in [0.25, 0.3) is 5.91 Å². The van der Waals surface area contributed by atoms with Crippen LogP contribution in [0.4, 0.5) is 5.13 Å². The summed E-state index contributed by atoms with van der Waals surface area (Å²) in [6.45, 7) is 3.57. The lowest BCUT2D eigenvalue weighted by Gasteiger charge is -1.98. The van der Waals surface area contributed by atoms with Gasteiger partial charge in [0.05, 0.1) is 16.0 Å². The monoisotopic (exact) mass is 331 g/mol. The quantitative estimate of drug-likeness (QED) is 0.752. The molecule has 0 atom stereocenters. The molecule has 0 fully saturated rings. The van der Waals surface area contributed by atoms with Crippen LogP contribution in [-0.4, -0.2) is 26.8 Å². The highest BCUT2D eigenvalue weighted by molar-refractivity contribution is 7.22. The second-order valence-corrected chi connectivity index (χ2v) is 5.78. The largest absolute Gasteiger partial charge is 0.436 e. The minimum absolute atomic E-state index is 0.176. The first-order valence-corrected chi connectivity index (χ1v) is 7.63. The minimum atomic E-state index is -0.567. The first kappa shape index (κ1) is 15.1. The van der Waals surface area contributed by atoms with Crippen LogP contribution in [-0.2, 0) is 6.42 Å². The van der Waals surface area contributed by atoms with Crippen molar-refractivity contribution in [2.45, 2.75) is 20.3 Å². The molecule has 3 rings (SSSR count). The number of primary amides is 1. The molecule has 0 saturated heterocycles. The second kappa shape index (κ2) is 5.76. The fourth-order valence-corrected chi connectivity index (χ4v) is 2.91. The number of rotatable bonds is 4. The van der Waals surface area contributed by atoms with Crippen molar-refractivity contribution in [1.82, 2.24) is 15.0 Å². The van der Waals surface area contributed by atoms with E-state index in [1.54, 1.807) is 13.0 Å². The number of hydrogen-bond donors (Lipinski definition) is 2. The molecule has 8 nitrogen and oxygen atoms in total. The van der Waals surface area contributed by atoms with Gasteiger partial charge in [0.2, 0.25) is 11.7 Å². The van der Waals surface area contributed by atoms with Gasteiger partial charge < -0.3 is 10.2 Å². The fourth-order valence-electron chi connectivity index (χ4n) is 2.05. The number of nitrogens with one attached hydrogen (secondary N) is 1. The van der Waals surface area contributed by atoms with E-state index in [1.165, 1.54) is 17.5 Å². The number of aryl methyl sites for hydroxylation is 2. The molecule has 3 aromatic heterocycles. The van der Waals surface area contributed by atoms with Crippen LogP contribution in [0.15, 0.2) is 16.7 Å². The van der Waals surface area contributed by atoms with Gasteiger partial charge in [-0.05, 0) is 12.5 Å². The summed E-state index contributed by atoms with van der Waals surface area (Å²) in [7, 11) is 0. The molecule has 0 aliphatic carbocycles. The number of hydrogen-bond acceptors (Lipinski definition) is 7. The standard InChI is InChI=1S/C14H13N5O3S/c1-3-8-10(22-6(2)17-8)13(21)19-14-18-12-9(23-14)4-7(5-16-12)11(15)20/h4-5H,3H2,1-2H3,(H2,15,20)(H,16,18,19,21). The van der Waals surface area contributed by atoms with Crippen LogP contribution in [0.25, 0.3) is 10.3 Å². The predicted octanol–water partition coefficient (Wildman–Crippen LogP) is 1.90. The molecule has 0 unspecified atom stereocenters. The van der Waals surface area contributed by atoms with Crippen molar-refractivity contribution in [3.05, 3.63) is 35.2 Å². The summed E-state index contributed by atoms with van der Waals surface area (Å²) in [5, 5.41) is 3.02. The molecule has 0 aliphatic heterocycles. The van der Waals surface area contributed by atoms with Crippen molar-refractivity contribution >= 4 is 38.6 Å². The van der Waals surface area contributed by atoms with Crippen LogP contribution in [0.3, 0.4) is 0 Å². The zero-order valence-electron chi connectivity index (χ0n) is 12.4. The van der Waals surface area contributed by atoms with Gasteiger partial charge in [-0.2, -0.15) is 4.98 Å². The molecule has 118 valence electrons. The molecule has 9 heteroatoms. The van der Waals surface area contributed by atoms with Crippen molar-refractivity contribution in [1.29, 1.82) is 0 Å². The van der Waals surface area contributed by atoms with Crippen LogP contribution >= 0.6 is 11.3 Å². The zero-order valence-corrected chi connectivity index (χ0v) is 13.2. The van der Waals surface area contributed by atoms with Crippen molar-refractivity contribution in [2.75, 3.05) is 5.32 Å². The minimum Gasteiger partial charge on any atom is -0.436 e. The van der Waals surface area contributed by atoms with Crippen molar-refractivity contribution < 1.29 is 14.0 Å². The first-order valence-electron chi connectivity index (χ1n) is 6.82. The highest BCUT2D eigenvalue weighted by Crippen LogP contribution is 2.26. The van der Waals surface area contributed by atoms with Crippen LogP contribution in [0, 0.1) is 6.92 Å². The fraction of sp³-hybridized carbons (Fsp3) is 0.214. The van der Waals surface area contributed by atoms with Crippen LogP contribution in [0.1, 0.15) is 39.4 Å². The van der Waals surface area contributed by atoms with Crippen LogP contribution in [0.5, 0.6) is 0 Å². The van der Waals surface area contributed by atoms with E-state index in [2.05, 4.69) is 20.3 Å². The van der Waals surface area contributed by atoms with Gasteiger partial charge in [-0.25, -0.2) is 9.97 Å². The van der Waals surface area contributed by atoms with Gasteiger partial charge in [0, 0.05) is 13.1 Å². The Hall–Kier alpha value is -2.81. The van der Waals surface area contributed by atoms with E-state index in [0.717, 1.165) is 0 Å². The number of aromatic nitrogens is 3. The average molecular weight is 331 g/mol. The molecule has 0 bridgehead atoms. The highest BCUT2D eigenvalue weighted by Gasteiger charge is 2.19. The van der Waals surface area contributed by atoms with E-state index in [1.807, 2.05) is 6.92 Å². The molecule has 0 saturated carbocycles. The van der Waals surface area contributed by atoms with Gasteiger partial charge in [0.15, 0.2) is 16.7 Å². The van der Waals surface area contributed by atoms with Gasteiger partial charge in [-0.3, -0.25) is 14.9 Å². The van der Waals surface area contributed by atoms with Crippen LogP contribution in [0.2, 0.25) is 0 Å². The molecule has 23 heavy (non-hydrogen) atoms. The van der Waals surface area contributed by atoms with E-state index in [-0.39, 0.29) is 11.3 Å². The Labute approximate surface area is 134 Å². The lowest BCUT2D eigenvalue weighted by molar-refractivity contribution is 0.0989. The van der Waals surface area contributed by atoms with Gasteiger partial charge in [-0.1, -0.05) is 18.3 Å². The van der Waals surface area contributed by atoms with E-state index in [0.29, 0.717) is 33.5 Å². The molecule has 0 aromatic carbocycles. The number of anilines is 1. The molecule has 3 heterocycles. The maximum absolute atomic E-state index is 12.3. The first-order chi connectivity index (χ1) is 11.0. The number of pyridine rings is 1. The maximum Gasteiger partial charge on any atom is 0.295 e. The third-order valence-corrected chi connectivity index (χ3v) is 4.00. The van der Waals surface area contributed by atoms with Crippen molar-refractivity contribution in [3.63, 3.8) is 0 Å². The summed E-state index contributed by atoms with van der Waals surface area (Å²) >= 11 is 1.20. The average Bonchev–Trinajstić information content (AvgIpc) is 3.08. The topological polar surface area (TPSA) is 124 Å². The number of carbonyl (C=O) groups excluding carboxylic acids is 2. The number of thiazole rings is 1. The number of nitrogens with two attached hydrogens (primary N) is 1. The molecule has 3 N–H and O–H groups in total. The van der Waals surface area contributed by atoms with Gasteiger partial charge in [0.1, 0.15) is 0 Å². The lowest BCUT2D eigenvalue weighted by Crippen LogP contribution is -2.12. The van der Waals surface area contributed by atoms with Crippen molar-refractivity contribution in [2.24, 2.45) is 5.73 Å². The Morgan fingerprint density at radius 3 is 2.87 bits per heavy atom. The smallest absolute Gasteiger partial charge is 0.295 e. The number of oxazole rings is 1. The molecule has 0 radical (unpaired) electrons. The summed E-state index contributed by atoms with van der Waals surface area (Å²) in [5.74, 6) is -0.376. The molecular weight excluding hydrogens is 318 g/mol. The summed E-state index contributed by atoms with van der Waals surface area (Å²) in [6, 6.07) is 1.59. The van der Waals surface area contributed by atoms with E-state index < -0.39 is 11.8 Å². The summed E-state index contributed by atoms with van der Waals surface area (Å²) in [6.07, 6.45) is 1.94. The van der Waals surface area contributed by atoms with E-state index in [4.69, 9.17) is 10.2 Å². The molecule has 0 aliphatic rings. The lowest BCUT2D eigenvalue weighted by atomic mass is 10.3. The normalized spacial score (nSPS) is 10.9. The SMILES string of the molecule is CCc1nc(C)oc1C(=O)Nc1nc2ncc(C(N)=O)cc2s1. The predicted molar refractivity (Wildman–Crippen MR) is 84.5 cm³/mol. The van der Waals surface area contributed by atoms with E-state index in [9.17, 15) is 9.59 Å². The Bertz CT molecular complexity index is 914. The molecule has 3 aromatic rings. The molecular formula is C14H13N5O3S. The highest BCUT2D eigenvalue weighted by atomic mass is 32.1. The number of fused-ring (bicyclic) bond motifs is 1. The number of nitrogens with zero attached hydrogens (tertiary/aromatic N) is 3. The molecule has 2 amide bonds. The Morgan fingerprint density at radius 2 is 2.17 bits per heavy atom. The van der Waals surface area contributed by atoms with Crippen LogP contribution < -0.4 is 11.1 Å². The van der Waals surface area contributed by atoms with Gasteiger partial charge in [-0.15, -0.1) is 0 Å². The van der Waals surface area contributed by atoms with E-state index >= 15 is 0 Å². The number of amides is 2. The Morgan fingerprint density at radius 1 is 1.39 bits per heavy atom. The van der Waals surface area contributed by atoms with Crippen molar-refractivity contribution in [3.8, 4) is 0 Å². The summed E-state index contributed by atoms with van der Waals surface area (Å²) < 4.78 is 5.99. The second-order valence-electron chi connectivity index (χ2n) is 4.75. The number of carbonyl (C=O) groups is 2. The third-order valence-electron chi connectivity index (χ3n) is 3.10. The van der Waals surface area contributed by atoms with Gasteiger partial charge >= 0.3 is 0 Å². The Kier molecular flexibility index (Phi) is 3.78. The molecule has 0 spiro atoms. The Balaban J connectivity index is 1.88. The summed E-state index contributed by atoms with van der Waals surface area (Å²) in [4.78, 5) is 35.9.